The minimum absolute atomic E-state index is 0.177. The third-order valence-electron chi connectivity index (χ3n) is 5.54. The van der Waals surface area contributed by atoms with Crippen molar-refractivity contribution in [3.63, 3.8) is 0 Å². The van der Waals surface area contributed by atoms with Crippen LogP contribution in [0.5, 0.6) is 0 Å². The van der Waals surface area contributed by atoms with Gasteiger partial charge in [0.2, 0.25) is 0 Å². The van der Waals surface area contributed by atoms with Crippen molar-refractivity contribution >= 4 is 16.7 Å². The van der Waals surface area contributed by atoms with Crippen LogP contribution in [0, 0.1) is 19.7 Å². The first-order chi connectivity index (χ1) is 16.1. The molecule has 0 aliphatic carbocycles. The summed E-state index contributed by atoms with van der Waals surface area (Å²) in [6.45, 7) is 4.37. The highest BCUT2D eigenvalue weighted by Crippen LogP contribution is 2.27. The summed E-state index contributed by atoms with van der Waals surface area (Å²) >= 11 is 0. The van der Waals surface area contributed by atoms with E-state index in [1.807, 2.05) is 68.6 Å². The fourth-order valence-electron chi connectivity index (χ4n) is 3.80. The lowest BCUT2D eigenvalue weighted by Gasteiger charge is -2.10. The standard InChI is InChI=1S/C27H22FN5/c1-17-3-6-22-14-23(9-10-24(22)33-17)26-25(28)27(32-16-31-26)30-15-19-4-7-20(8-5-19)21-11-12-29-18(2)13-21/h3-14,16H,15H2,1-2H3,(H,30,31,32). The molecule has 0 amide bonds. The van der Waals surface area contributed by atoms with Gasteiger partial charge in [-0.3, -0.25) is 9.97 Å². The molecule has 162 valence electrons. The van der Waals surface area contributed by atoms with Crippen LogP contribution in [0.4, 0.5) is 10.2 Å². The third-order valence-corrected chi connectivity index (χ3v) is 5.54. The summed E-state index contributed by atoms with van der Waals surface area (Å²) in [7, 11) is 0. The quantitative estimate of drug-likeness (QED) is 0.360. The molecule has 2 aromatic carbocycles. The van der Waals surface area contributed by atoms with Crippen LogP contribution in [-0.4, -0.2) is 19.9 Å². The van der Waals surface area contributed by atoms with Gasteiger partial charge in [0.15, 0.2) is 11.6 Å². The lowest BCUT2D eigenvalue weighted by atomic mass is 10.0. The summed E-state index contributed by atoms with van der Waals surface area (Å²) < 4.78 is 15.2. The maximum absolute atomic E-state index is 15.2. The van der Waals surface area contributed by atoms with Crippen molar-refractivity contribution in [1.82, 2.24) is 19.9 Å². The van der Waals surface area contributed by atoms with E-state index < -0.39 is 5.82 Å². The minimum Gasteiger partial charge on any atom is -0.363 e. The Morgan fingerprint density at radius 1 is 0.758 bits per heavy atom. The van der Waals surface area contributed by atoms with Crippen LogP contribution in [0.2, 0.25) is 0 Å². The Labute approximate surface area is 191 Å². The molecular weight excluding hydrogens is 413 g/mol. The van der Waals surface area contributed by atoms with Gasteiger partial charge in [0.1, 0.15) is 12.0 Å². The number of aryl methyl sites for hydroxylation is 2. The highest BCUT2D eigenvalue weighted by Gasteiger charge is 2.14. The number of aromatic nitrogens is 4. The highest BCUT2D eigenvalue weighted by molar-refractivity contribution is 5.84. The number of fused-ring (bicyclic) bond motifs is 1. The van der Waals surface area contributed by atoms with Gasteiger partial charge in [-0.1, -0.05) is 36.4 Å². The molecule has 0 atom stereocenters. The van der Waals surface area contributed by atoms with Crippen LogP contribution >= 0.6 is 0 Å². The van der Waals surface area contributed by atoms with Gasteiger partial charge in [-0.25, -0.2) is 14.4 Å². The number of hydrogen-bond acceptors (Lipinski definition) is 5. The first-order valence-electron chi connectivity index (χ1n) is 10.7. The van der Waals surface area contributed by atoms with E-state index in [-0.39, 0.29) is 11.5 Å². The number of pyridine rings is 2. The first-order valence-corrected chi connectivity index (χ1v) is 10.7. The number of benzene rings is 2. The second kappa shape index (κ2) is 8.74. The SMILES string of the molecule is Cc1cc(-c2ccc(CNc3ncnc(-c4ccc5nc(C)ccc5c4)c3F)cc2)ccn1. The predicted octanol–water partition coefficient (Wildman–Crippen LogP) is 6.12. The molecule has 0 saturated carbocycles. The zero-order valence-corrected chi connectivity index (χ0v) is 18.4. The van der Waals surface area contributed by atoms with Crippen molar-refractivity contribution in [3.8, 4) is 22.4 Å². The van der Waals surface area contributed by atoms with E-state index in [4.69, 9.17) is 0 Å². The van der Waals surface area contributed by atoms with Crippen LogP contribution in [0.3, 0.4) is 0 Å². The number of nitrogens with zero attached hydrogens (tertiary/aromatic N) is 4. The van der Waals surface area contributed by atoms with E-state index >= 15 is 4.39 Å². The van der Waals surface area contributed by atoms with Crippen LogP contribution in [0.1, 0.15) is 17.0 Å². The van der Waals surface area contributed by atoms with Crippen LogP contribution < -0.4 is 5.32 Å². The molecule has 0 saturated heterocycles. The second-order valence-electron chi connectivity index (χ2n) is 7.98. The third kappa shape index (κ3) is 4.41. The summed E-state index contributed by atoms with van der Waals surface area (Å²) in [4.78, 5) is 17.0. The fourth-order valence-corrected chi connectivity index (χ4v) is 3.80. The molecule has 3 heterocycles. The fraction of sp³-hybridized carbons (Fsp3) is 0.111. The molecule has 0 aliphatic heterocycles. The Morgan fingerprint density at radius 3 is 2.39 bits per heavy atom. The highest BCUT2D eigenvalue weighted by atomic mass is 19.1. The van der Waals surface area contributed by atoms with E-state index in [2.05, 4.69) is 43.5 Å². The number of hydrogen-bond donors (Lipinski definition) is 1. The van der Waals surface area contributed by atoms with Gasteiger partial charge in [-0.05, 0) is 60.9 Å². The van der Waals surface area contributed by atoms with E-state index in [1.165, 1.54) is 6.33 Å². The van der Waals surface area contributed by atoms with Gasteiger partial charge < -0.3 is 5.32 Å². The summed E-state index contributed by atoms with van der Waals surface area (Å²) in [5, 5.41) is 4.04. The second-order valence-corrected chi connectivity index (χ2v) is 7.98. The molecule has 0 bridgehead atoms. The van der Waals surface area contributed by atoms with Crippen LogP contribution in [0.15, 0.2) is 79.3 Å². The molecule has 0 aliphatic rings. The zero-order valence-electron chi connectivity index (χ0n) is 18.4. The normalized spacial score (nSPS) is 11.0. The molecule has 0 unspecified atom stereocenters. The van der Waals surface area contributed by atoms with Crippen molar-refractivity contribution in [3.05, 3.63) is 102 Å². The maximum Gasteiger partial charge on any atom is 0.191 e. The average Bonchev–Trinajstić information content (AvgIpc) is 2.83. The van der Waals surface area contributed by atoms with E-state index in [1.54, 1.807) is 0 Å². The van der Waals surface area contributed by atoms with E-state index in [0.717, 1.165) is 39.0 Å². The first kappa shape index (κ1) is 20.7. The molecule has 0 radical (unpaired) electrons. The number of rotatable bonds is 5. The van der Waals surface area contributed by atoms with Crippen molar-refractivity contribution in [2.45, 2.75) is 20.4 Å². The molecule has 5 aromatic rings. The maximum atomic E-state index is 15.2. The van der Waals surface area contributed by atoms with Gasteiger partial charge in [0.05, 0.1) is 5.52 Å². The molecule has 0 spiro atoms. The topological polar surface area (TPSA) is 63.6 Å². The molecule has 5 nitrogen and oxygen atoms in total. The summed E-state index contributed by atoms with van der Waals surface area (Å²) in [6.07, 6.45) is 3.19. The van der Waals surface area contributed by atoms with Crippen LogP contribution in [-0.2, 0) is 6.54 Å². The Bertz CT molecular complexity index is 1450. The molecule has 33 heavy (non-hydrogen) atoms. The zero-order chi connectivity index (χ0) is 22.8. The van der Waals surface area contributed by atoms with Crippen molar-refractivity contribution in [2.24, 2.45) is 0 Å². The molecule has 5 rings (SSSR count). The summed E-state index contributed by atoms with van der Waals surface area (Å²) in [5.74, 6) is -0.295. The van der Waals surface area contributed by atoms with Crippen LogP contribution in [0.25, 0.3) is 33.3 Å². The molecule has 1 N–H and O–H groups in total. The Morgan fingerprint density at radius 2 is 1.58 bits per heavy atom. The Hall–Kier alpha value is -4.19. The van der Waals surface area contributed by atoms with Gasteiger partial charge in [-0.2, -0.15) is 0 Å². The van der Waals surface area contributed by atoms with Gasteiger partial charge in [-0.15, -0.1) is 0 Å². The van der Waals surface area contributed by atoms with Crippen molar-refractivity contribution in [1.29, 1.82) is 0 Å². The van der Waals surface area contributed by atoms with Gasteiger partial charge >= 0.3 is 0 Å². The predicted molar refractivity (Wildman–Crippen MR) is 129 cm³/mol. The lowest BCUT2D eigenvalue weighted by Crippen LogP contribution is -2.05. The van der Waals surface area contributed by atoms with E-state index in [0.29, 0.717) is 12.1 Å². The molecule has 0 fully saturated rings. The van der Waals surface area contributed by atoms with E-state index in [9.17, 15) is 0 Å². The Balaban J connectivity index is 1.35. The monoisotopic (exact) mass is 435 g/mol. The lowest BCUT2D eigenvalue weighted by molar-refractivity contribution is 0.621. The number of anilines is 1. The minimum atomic E-state index is -0.471. The van der Waals surface area contributed by atoms with Gasteiger partial charge in [0, 0.05) is 35.1 Å². The number of halogens is 1. The largest absolute Gasteiger partial charge is 0.363 e. The van der Waals surface area contributed by atoms with Crippen molar-refractivity contribution in [2.75, 3.05) is 5.32 Å². The van der Waals surface area contributed by atoms with Gasteiger partial charge in [0.25, 0.3) is 0 Å². The van der Waals surface area contributed by atoms with Crippen molar-refractivity contribution < 1.29 is 4.39 Å². The molecule has 6 heteroatoms. The Kier molecular flexibility index (Phi) is 5.48. The summed E-state index contributed by atoms with van der Waals surface area (Å²) in [6, 6.07) is 21.7. The molecule has 3 aromatic heterocycles. The number of nitrogens with one attached hydrogen (secondary N) is 1. The summed E-state index contributed by atoms with van der Waals surface area (Å²) in [5.41, 5.74) is 7.00. The molecular formula is C27H22FN5. The smallest absolute Gasteiger partial charge is 0.191 e. The average molecular weight is 436 g/mol.